The van der Waals surface area contributed by atoms with Crippen molar-refractivity contribution in [3.05, 3.63) is 179 Å². The number of aryl methyl sites for hydroxylation is 1. The minimum atomic E-state index is -0.832. The van der Waals surface area contributed by atoms with E-state index in [9.17, 15) is 0 Å². The van der Waals surface area contributed by atoms with Gasteiger partial charge in [-0.15, -0.1) is 5.10 Å². The van der Waals surface area contributed by atoms with Crippen molar-refractivity contribution in [1.82, 2.24) is 29.8 Å². The van der Waals surface area contributed by atoms with Crippen LogP contribution in [0.2, 0.25) is 5.15 Å². The Morgan fingerprint density at radius 2 is 1.21 bits per heavy atom. The fourth-order valence-electron chi connectivity index (χ4n) is 6.49. The first-order valence-corrected chi connectivity index (χ1v) is 16.4. The normalized spacial score (nSPS) is 11.5. The molecule has 0 aliphatic rings. The quantitative estimate of drug-likeness (QED) is 0.133. The molecule has 7 rings (SSSR count). The lowest BCUT2D eigenvalue weighted by Crippen LogP contribution is -2.39. The zero-order valence-electron chi connectivity index (χ0n) is 26.2. The Morgan fingerprint density at radius 1 is 0.660 bits per heavy atom. The van der Waals surface area contributed by atoms with E-state index in [-0.39, 0.29) is 0 Å². The van der Waals surface area contributed by atoms with Gasteiger partial charge in [-0.1, -0.05) is 164 Å². The number of unbranched alkanes of at least 4 members (excludes halogenated alkanes) is 1. The molecule has 0 unspecified atom stereocenters. The van der Waals surface area contributed by atoms with E-state index in [0.717, 1.165) is 58.5 Å². The number of tetrazole rings is 1. The van der Waals surface area contributed by atoms with Gasteiger partial charge >= 0.3 is 0 Å². The Balaban J connectivity index is 1.34. The predicted octanol–water partition coefficient (Wildman–Crippen LogP) is 9.09. The van der Waals surface area contributed by atoms with Crippen LogP contribution < -0.4 is 0 Å². The predicted molar refractivity (Wildman–Crippen MR) is 188 cm³/mol. The van der Waals surface area contributed by atoms with Crippen LogP contribution in [-0.2, 0) is 18.5 Å². The number of nitrogens with zero attached hydrogens (tertiary/aromatic N) is 6. The highest BCUT2D eigenvalue weighted by Crippen LogP contribution is 2.43. The molecule has 0 aliphatic carbocycles. The van der Waals surface area contributed by atoms with Crippen LogP contribution in [0.1, 0.15) is 47.8 Å². The largest absolute Gasteiger partial charge is 0.329 e. The summed E-state index contributed by atoms with van der Waals surface area (Å²) in [5.41, 5.74) is 6.61. The van der Waals surface area contributed by atoms with Gasteiger partial charge in [0.05, 0.1) is 0 Å². The van der Waals surface area contributed by atoms with Gasteiger partial charge in [0.15, 0.2) is 5.82 Å². The molecule has 7 aromatic rings. The SMILES string of the molecule is CCCCc1nc(Cl)cn1Cc1ccc(-c2ccccc2-c2nnnn2C(c2ccccc2)(c2ccccc2)c2ccccc2)cc1. The Hall–Kier alpha value is -5.33. The molecular formula is C40H35ClN6. The van der Waals surface area contributed by atoms with Crippen molar-refractivity contribution in [3.8, 4) is 22.5 Å². The molecule has 0 N–H and O–H groups in total. The Morgan fingerprint density at radius 3 is 1.79 bits per heavy atom. The van der Waals surface area contributed by atoms with Crippen LogP contribution in [0.25, 0.3) is 22.5 Å². The van der Waals surface area contributed by atoms with E-state index >= 15 is 0 Å². The van der Waals surface area contributed by atoms with Crippen LogP contribution in [0, 0.1) is 0 Å². The Labute approximate surface area is 280 Å². The fraction of sp³-hybridized carbons (Fsp3) is 0.150. The average molecular weight is 635 g/mol. The standard InChI is InChI=1S/C40H35ClN6/c1-2-3-23-38-42-37(41)29-46(38)28-30-24-26-31(27-25-30)35-21-13-14-22-36(35)39-43-44-45-47(39)40(32-15-7-4-8-16-32,33-17-9-5-10-18-33)34-19-11-6-12-20-34/h4-22,24-27,29H,2-3,23,28H2,1H3. The van der Waals surface area contributed by atoms with Crippen molar-refractivity contribution >= 4 is 11.6 Å². The van der Waals surface area contributed by atoms with Crippen molar-refractivity contribution in [2.75, 3.05) is 0 Å². The zero-order valence-corrected chi connectivity index (χ0v) is 27.0. The number of imidazole rings is 1. The summed E-state index contributed by atoms with van der Waals surface area (Å²) in [6.07, 6.45) is 5.04. The lowest BCUT2D eigenvalue weighted by atomic mass is 9.77. The summed E-state index contributed by atoms with van der Waals surface area (Å²) in [5, 5.41) is 14.3. The van der Waals surface area contributed by atoms with Gasteiger partial charge < -0.3 is 4.57 Å². The van der Waals surface area contributed by atoms with E-state index in [1.165, 1.54) is 5.56 Å². The van der Waals surface area contributed by atoms with Crippen molar-refractivity contribution in [1.29, 1.82) is 0 Å². The number of aromatic nitrogens is 6. The molecule has 0 amide bonds. The van der Waals surface area contributed by atoms with Crippen LogP contribution in [0.5, 0.6) is 0 Å². The molecule has 6 nitrogen and oxygen atoms in total. The molecule has 0 spiro atoms. The minimum Gasteiger partial charge on any atom is -0.329 e. The summed E-state index contributed by atoms with van der Waals surface area (Å²) in [4.78, 5) is 4.55. The molecule has 232 valence electrons. The fourth-order valence-corrected chi connectivity index (χ4v) is 6.71. The van der Waals surface area contributed by atoms with Crippen LogP contribution in [0.3, 0.4) is 0 Å². The first kappa shape index (κ1) is 30.3. The van der Waals surface area contributed by atoms with Crippen molar-refractivity contribution in [2.24, 2.45) is 0 Å². The Kier molecular flexibility index (Phi) is 8.76. The lowest BCUT2D eigenvalue weighted by molar-refractivity contribution is 0.451. The smallest absolute Gasteiger partial charge is 0.184 e. The van der Waals surface area contributed by atoms with Gasteiger partial charge in [-0.05, 0) is 50.2 Å². The molecule has 2 heterocycles. The van der Waals surface area contributed by atoms with E-state index in [1.807, 2.05) is 35.1 Å². The second-order valence-corrected chi connectivity index (χ2v) is 12.1. The number of halogens is 1. The van der Waals surface area contributed by atoms with E-state index in [1.54, 1.807) is 0 Å². The molecule has 0 fully saturated rings. The van der Waals surface area contributed by atoms with Crippen molar-refractivity contribution in [3.63, 3.8) is 0 Å². The average Bonchev–Trinajstić information content (AvgIpc) is 3.76. The molecule has 0 radical (unpaired) electrons. The van der Waals surface area contributed by atoms with Gasteiger partial charge in [-0.25, -0.2) is 9.67 Å². The first-order chi connectivity index (χ1) is 23.2. The number of hydrogen-bond acceptors (Lipinski definition) is 4. The van der Waals surface area contributed by atoms with E-state index in [0.29, 0.717) is 17.5 Å². The number of hydrogen-bond donors (Lipinski definition) is 0. The highest BCUT2D eigenvalue weighted by atomic mass is 35.5. The molecule has 5 aromatic carbocycles. The lowest BCUT2D eigenvalue weighted by Gasteiger charge is -2.36. The third kappa shape index (κ3) is 5.88. The highest BCUT2D eigenvalue weighted by Gasteiger charge is 2.42. The maximum absolute atomic E-state index is 6.29. The second kappa shape index (κ2) is 13.6. The molecule has 0 saturated heterocycles. The highest BCUT2D eigenvalue weighted by molar-refractivity contribution is 6.29. The summed E-state index contributed by atoms with van der Waals surface area (Å²) < 4.78 is 4.15. The summed E-state index contributed by atoms with van der Waals surface area (Å²) in [6.45, 7) is 2.90. The van der Waals surface area contributed by atoms with Crippen LogP contribution in [0.4, 0.5) is 0 Å². The molecule has 0 aliphatic heterocycles. The minimum absolute atomic E-state index is 0.539. The first-order valence-electron chi connectivity index (χ1n) is 16.0. The van der Waals surface area contributed by atoms with Gasteiger partial charge in [0.1, 0.15) is 16.5 Å². The summed E-state index contributed by atoms with van der Waals surface area (Å²) in [7, 11) is 0. The van der Waals surface area contributed by atoms with Crippen LogP contribution in [0.15, 0.2) is 146 Å². The second-order valence-electron chi connectivity index (χ2n) is 11.7. The van der Waals surface area contributed by atoms with Gasteiger partial charge in [0.2, 0.25) is 0 Å². The number of benzene rings is 5. The molecule has 0 saturated carbocycles. The summed E-state index contributed by atoms with van der Waals surface area (Å²) in [5.74, 6) is 1.70. The van der Waals surface area contributed by atoms with Crippen molar-refractivity contribution < 1.29 is 0 Å². The van der Waals surface area contributed by atoms with Gasteiger partial charge in [-0.3, -0.25) is 0 Å². The van der Waals surface area contributed by atoms with Crippen LogP contribution in [-0.4, -0.2) is 29.8 Å². The van der Waals surface area contributed by atoms with Crippen molar-refractivity contribution in [2.45, 2.75) is 38.3 Å². The van der Waals surface area contributed by atoms with E-state index in [4.69, 9.17) is 21.9 Å². The van der Waals surface area contributed by atoms with Crippen LogP contribution >= 0.6 is 11.6 Å². The maximum atomic E-state index is 6.29. The van der Waals surface area contributed by atoms with Gasteiger partial charge in [-0.2, -0.15) is 0 Å². The maximum Gasteiger partial charge on any atom is 0.184 e. The monoisotopic (exact) mass is 634 g/mol. The topological polar surface area (TPSA) is 61.4 Å². The van der Waals surface area contributed by atoms with E-state index < -0.39 is 5.54 Å². The molecule has 47 heavy (non-hydrogen) atoms. The zero-order chi connectivity index (χ0) is 32.1. The number of rotatable bonds is 11. The Bertz CT molecular complexity index is 1950. The molecule has 2 aromatic heterocycles. The van der Waals surface area contributed by atoms with E-state index in [2.05, 4.69) is 137 Å². The van der Waals surface area contributed by atoms with Gasteiger partial charge in [0, 0.05) is 24.7 Å². The van der Waals surface area contributed by atoms with Gasteiger partial charge in [0.25, 0.3) is 0 Å². The summed E-state index contributed by atoms with van der Waals surface area (Å²) in [6, 6.07) is 48.5. The molecule has 0 bridgehead atoms. The molecular weight excluding hydrogens is 600 g/mol. The summed E-state index contributed by atoms with van der Waals surface area (Å²) >= 11 is 6.29. The molecule has 7 heteroatoms. The third-order valence-electron chi connectivity index (χ3n) is 8.73. The third-order valence-corrected chi connectivity index (χ3v) is 8.91. The molecule has 0 atom stereocenters.